The van der Waals surface area contributed by atoms with Crippen LogP contribution in [0.3, 0.4) is 0 Å². The van der Waals surface area contributed by atoms with Gasteiger partial charge in [-0.2, -0.15) is 5.10 Å². The molecule has 0 saturated heterocycles. The number of nitrogens with zero attached hydrogens (tertiary/aromatic N) is 3. The Morgan fingerprint density at radius 3 is 2.43 bits per heavy atom. The summed E-state index contributed by atoms with van der Waals surface area (Å²) < 4.78 is 12.1. The van der Waals surface area contributed by atoms with Gasteiger partial charge < -0.3 is 9.47 Å². The third-order valence-corrected chi connectivity index (χ3v) is 5.16. The molecule has 0 unspecified atom stereocenters. The lowest BCUT2D eigenvalue weighted by Gasteiger charge is -2.12. The number of fused-ring (bicyclic) bond motifs is 1. The summed E-state index contributed by atoms with van der Waals surface area (Å²) in [6.07, 6.45) is 2.12. The molecule has 1 aliphatic carbocycles. The predicted octanol–water partition coefficient (Wildman–Crippen LogP) is 2.25. The maximum Gasteiger partial charge on any atom is 0.270 e. The molecule has 1 aromatic carbocycles. The molecule has 0 aliphatic heterocycles. The van der Waals surface area contributed by atoms with E-state index >= 15 is 0 Å². The fraction of sp³-hybridized carbons (Fsp3) is 0.333. The molecule has 2 aromatic heterocycles. The molecular weight excluding hydrogens is 386 g/mol. The van der Waals surface area contributed by atoms with Gasteiger partial charge in [0.1, 0.15) is 0 Å². The zero-order valence-electron chi connectivity index (χ0n) is 17.3. The topological polar surface area (TPSA) is 107 Å². The third kappa shape index (κ3) is 3.54. The summed E-state index contributed by atoms with van der Waals surface area (Å²) in [7, 11) is 4.81. The SMILES string of the molecule is COc1ccc(C(=O)NNC(=O)c2cc(C3CC3)nc3c2c(C)nn3C)cc1OC. The summed E-state index contributed by atoms with van der Waals surface area (Å²) in [5, 5.41) is 5.07. The Labute approximate surface area is 173 Å². The number of carbonyl (C=O) groups excluding carboxylic acids is 2. The number of carbonyl (C=O) groups is 2. The van der Waals surface area contributed by atoms with Gasteiger partial charge in [-0.3, -0.25) is 25.1 Å². The highest BCUT2D eigenvalue weighted by Crippen LogP contribution is 2.40. The summed E-state index contributed by atoms with van der Waals surface area (Å²) in [6.45, 7) is 1.83. The molecule has 4 rings (SSSR count). The second-order valence-electron chi connectivity index (χ2n) is 7.25. The van der Waals surface area contributed by atoms with Gasteiger partial charge in [0.25, 0.3) is 11.8 Å². The van der Waals surface area contributed by atoms with E-state index in [9.17, 15) is 9.59 Å². The molecule has 1 saturated carbocycles. The van der Waals surface area contributed by atoms with E-state index in [0.717, 1.165) is 18.5 Å². The van der Waals surface area contributed by atoms with Crippen LogP contribution in [-0.2, 0) is 7.05 Å². The van der Waals surface area contributed by atoms with E-state index in [1.165, 1.54) is 14.2 Å². The van der Waals surface area contributed by atoms with E-state index in [2.05, 4.69) is 20.9 Å². The Morgan fingerprint density at radius 1 is 1.07 bits per heavy atom. The molecule has 0 bridgehead atoms. The molecule has 0 atom stereocenters. The van der Waals surface area contributed by atoms with Crippen LogP contribution < -0.4 is 20.3 Å². The van der Waals surface area contributed by atoms with Gasteiger partial charge in [0.2, 0.25) is 0 Å². The van der Waals surface area contributed by atoms with E-state index in [1.807, 2.05) is 6.92 Å². The van der Waals surface area contributed by atoms with Crippen molar-refractivity contribution in [3.05, 3.63) is 46.8 Å². The minimum atomic E-state index is -0.472. The maximum atomic E-state index is 12.9. The number of hydrazine groups is 1. The number of hydrogen-bond acceptors (Lipinski definition) is 6. The number of nitrogens with one attached hydrogen (secondary N) is 2. The first-order valence-electron chi connectivity index (χ1n) is 9.60. The molecule has 1 aliphatic rings. The smallest absolute Gasteiger partial charge is 0.270 e. The van der Waals surface area contributed by atoms with Crippen molar-refractivity contribution in [2.45, 2.75) is 25.7 Å². The van der Waals surface area contributed by atoms with Crippen LogP contribution >= 0.6 is 0 Å². The number of methoxy groups -OCH3 is 2. The van der Waals surface area contributed by atoms with Crippen molar-refractivity contribution in [1.82, 2.24) is 25.6 Å². The minimum Gasteiger partial charge on any atom is -0.493 e. The Kier molecular flexibility index (Phi) is 5.03. The number of rotatable bonds is 5. The van der Waals surface area contributed by atoms with Crippen LogP contribution in [0.4, 0.5) is 0 Å². The molecule has 0 spiro atoms. The van der Waals surface area contributed by atoms with Gasteiger partial charge in [0.05, 0.1) is 30.9 Å². The summed E-state index contributed by atoms with van der Waals surface area (Å²) in [4.78, 5) is 30.1. The Hall–Kier alpha value is -3.62. The monoisotopic (exact) mass is 409 g/mol. The molecule has 156 valence electrons. The van der Waals surface area contributed by atoms with Crippen molar-refractivity contribution >= 4 is 22.8 Å². The van der Waals surface area contributed by atoms with Gasteiger partial charge in [0, 0.05) is 24.2 Å². The predicted molar refractivity (Wildman–Crippen MR) is 110 cm³/mol. The maximum absolute atomic E-state index is 12.9. The van der Waals surface area contributed by atoms with E-state index in [4.69, 9.17) is 9.47 Å². The second kappa shape index (κ2) is 7.66. The molecule has 9 nitrogen and oxygen atoms in total. The lowest BCUT2D eigenvalue weighted by atomic mass is 10.1. The Balaban J connectivity index is 1.57. The summed E-state index contributed by atoms with van der Waals surface area (Å²) in [6, 6.07) is 6.56. The lowest BCUT2D eigenvalue weighted by molar-refractivity contribution is 0.0847. The summed E-state index contributed by atoms with van der Waals surface area (Å²) in [5.41, 5.74) is 7.97. The standard InChI is InChI=1S/C21H23N5O4/c1-11-18-14(10-15(12-5-6-12)22-19(18)26(2)25-11)21(28)24-23-20(27)13-7-8-16(29-3)17(9-13)30-4/h7-10,12H,5-6H2,1-4H3,(H,23,27)(H,24,28). The zero-order valence-corrected chi connectivity index (χ0v) is 17.3. The van der Waals surface area contributed by atoms with Crippen molar-refractivity contribution < 1.29 is 19.1 Å². The number of hydrogen-bond donors (Lipinski definition) is 2. The molecule has 1 fully saturated rings. The summed E-state index contributed by atoms with van der Waals surface area (Å²) >= 11 is 0. The van der Waals surface area contributed by atoms with Gasteiger partial charge in [-0.15, -0.1) is 0 Å². The van der Waals surface area contributed by atoms with E-state index in [0.29, 0.717) is 45.3 Å². The molecule has 2 N–H and O–H groups in total. The van der Waals surface area contributed by atoms with Gasteiger partial charge >= 0.3 is 0 Å². The van der Waals surface area contributed by atoms with E-state index < -0.39 is 11.8 Å². The number of aromatic nitrogens is 3. The van der Waals surface area contributed by atoms with Crippen molar-refractivity contribution in [2.24, 2.45) is 7.05 Å². The fourth-order valence-electron chi connectivity index (χ4n) is 3.46. The minimum absolute atomic E-state index is 0.323. The first kappa shape index (κ1) is 19.7. The molecular formula is C21H23N5O4. The van der Waals surface area contributed by atoms with Gasteiger partial charge in [-0.25, -0.2) is 4.98 Å². The highest BCUT2D eigenvalue weighted by Gasteiger charge is 2.28. The van der Waals surface area contributed by atoms with Crippen LogP contribution in [0.15, 0.2) is 24.3 Å². The van der Waals surface area contributed by atoms with Gasteiger partial charge in [-0.1, -0.05) is 0 Å². The Morgan fingerprint density at radius 2 is 1.77 bits per heavy atom. The van der Waals surface area contributed by atoms with E-state index in [-0.39, 0.29) is 0 Å². The second-order valence-corrected chi connectivity index (χ2v) is 7.25. The van der Waals surface area contributed by atoms with Crippen molar-refractivity contribution in [1.29, 1.82) is 0 Å². The van der Waals surface area contributed by atoms with Crippen LogP contribution in [0.25, 0.3) is 11.0 Å². The number of amides is 2. The highest BCUT2D eigenvalue weighted by atomic mass is 16.5. The molecule has 9 heteroatoms. The van der Waals surface area contributed by atoms with Crippen LogP contribution in [-0.4, -0.2) is 40.8 Å². The molecule has 30 heavy (non-hydrogen) atoms. The van der Waals surface area contributed by atoms with Crippen LogP contribution in [0, 0.1) is 6.92 Å². The molecule has 2 amide bonds. The van der Waals surface area contributed by atoms with E-state index in [1.54, 1.807) is 36.0 Å². The van der Waals surface area contributed by atoms with Crippen LogP contribution in [0.1, 0.15) is 50.9 Å². The highest BCUT2D eigenvalue weighted by molar-refractivity contribution is 6.07. The van der Waals surface area contributed by atoms with Crippen LogP contribution in [0.2, 0.25) is 0 Å². The number of pyridine rings is 1. The molecule has 2 heterocycles. The number of benzene rings is 1. The van der Waals surface area contributed by atoms with Gasteiger partial charge in [-0.05, 0) is 44.0 Å². The molecule has 3 aromatic rings. The number of ether oxygens (including phenoxy) is 2. The number of aryl methyl sites for hydroxylation is 2. The summed E-state index contributed by atoms with van der Waals surface area (Å²) in [5.74, 6) is 0.413. The van der Waals surface area contributed by atoms with Crippen molar-refractivity contribution in [3.8, 4) is 11.5 Å². The normalized spacial score (nSPS) is 13.2. The zero-order chi connectivity index (χ0) is 21.4. The lowest BCUT2D eigenvalue weighted by Crippen LogP contribution is -2.41. The average molecular weight is 409 g/mol. The average Bonchev–Trinajstić information content (AvgIpc) is 3.56. The molecule has 0 radical (unpaired) electrons. The quantitative estimate of drug-likeness (QED) is 0.626. The Bertz CT molecular complexity index is 1150. The van der Waals surface area contributed by atoms with Crippen molar-refractivity contribution in [3.63, 3.8) is 0 Å². The largest absolute Gasteiger partial charge is 0.493 e. The first-order valence-corrected chi connectivity index (χ1v) is 9.60. The van der Waals surface area contributed by atoms with Crippen molar-refractivity contribution in [2.75, 3.05) is 14.2 Å². The van der Waals surface area contributed by atoms with Crippen LogP contribution in [0.5, 0.6) is 11.5 Å². The van der Waals surface area contributed by atoms with Gasteiger partial charge in [0.15, 0.2) is 17.1 Å². The first-order chi connectivity index (χ1) is 14.4. The fourth-order valence-corrected chi connectivity index (χ4v) is 3.46. The third-order valence-electron chi connectivity index (χ3n) is 5.16.